The van der Waals surface area contributed by atoms with Crippen molar-refractivity contribution >= 4 is 12.3 Å². The minimum absolute atomic E-state index is 0.0152. The van der Waals surface area contributed by atoms with E-state index < -0.39 is 43.0 Å². The first-order chi connectivity index (χ1) is 8.72. The smallest absolute Gasteiger partial charge is 0.323 e. The summed E-state index contributed by atoms with van der Waals surface area (Å²) in [4.78, 5) is 21.6. The van der Waals surface area contributed by atoms with Crippen molar-refractivity contribution < 1.29 is 34.8 Å². The third kappa shape index (κ3) is 5.62. The molecule has 0 aliphatic heterocycles. The van der Waals surface area contributed by atoms with Crippen molar-refractivity contribution in [3.05, 3.63) is 0 Å². The fraction of sp³-hybridized carbons (Fsp3) is 0.818. The van der Waals surface area contributed by atoms with Crippen LogP contribution in [-0.2, 0) is 14.3 Å². The Bertz CT molecular complexity index is 297. The third-order valence-electron chi connectivity index (χ3n) is 2.62. The molecule has 0 aliphatic rings. The van der Waals surface area contributed by atoms with Crippen LogP contribution in [0, 0.1) is 5.92 Å². The molecule has 0 aromatic carbocycles. The van der Waals surface area contributed by atoms with Gasteiger partial charge in [0.25, 0.3) is 0 Å². The van der Waals surface area contributed by atoms with E-state index in [2.05, 4.69) is 4.74 Å². The first-order valence-electron chi connectivity index (χ1n) is 5.82. The summed E-state index contributed by atoms with van der Waals surface area (Å²) >= 11 is 0. The van der Waals surface area contributed by atoms with Crippen molar-refractivity contribution in [2.75, 3.05) is 6.61 Å². The number of ether oxygens (including phenoxy) is 1. The van der Waals surface area contributed by atoms with Gasteiger partial charge in [-0.2, -0.15) is 0 Å². The summed E-state index contributed by atoms with van der Waals surface area (Å²) in [6, 6.07) is -0.866. The Morgan fingerprint density at radius 1 is 1.21 bits per heavy atom. The van der Waals surface area contributed by atoms with E-state index in [1.54, 1.807) is 13.8 Å². The quantitative estimate of drug-likeness (QED) is 0.235. The number of esters is 1. The molecule has 8 nitrogen and oxygen atoms in total. The van der Waals surface area contributed by atoms with Crippen molar-refractivity contribution in [3.63, 3.8) is 0 Å². The number of hydrogen-bond acceptors (Lipinski definition) is 8. The van der Waals surface area contributed by atoms with Crippen LogP contribution in [-0.4, -0.2) is 69.7 Å². The lowest BCUT2D eigenvalue weighted by Crippen LogP contribution is -2.47. The second-order valence-electron chi connectivity index (χ2n) is 4.58. The summed E-state index contributed by atoms with van der Waals surface area (Å²) in [5, 5.41) is 37.1. The minimum atomic E-state index is -1.87. The number of hydrogen-bond donors (Lipinski definition) is 5. The Hall–Kier alpha value is -1.06. The molecular weight excluding hydrogens is 258 g/mol. The van der Waals surface area contributed by atoms with Crippen molar-refractivity contribution in [3.8, 4) is 0 Å². The lowest BCUT2D eigenvalue weighted by Gasteiger charge is -2.24. The Morgan fingerprint density at radius 3 is 2.16 bits per heavy atom. The number of carbonyl (C=O) groups is 2. The summed E-state index contributed by atoms with van der Waals surface area (Å²) in [7, 11) is 0. The van der Waals surface area contributed by atoms with E-state index in [1.807, 2.05) is 0 Å². The van der Waals surface area contributed by atoms with Crippen LogP contribution in [0.1, 0.15) is 13.8 Å². The van der Waals surface area contributed by atoms with Crippen molar-refractivity contribution in [1.29, 1.82) is 0 Å². The molecule has 19 heavy (non-hydrogen) atoms. The molecule has 0 radical (unpaired) electrons. The topological polar surface area (TPSA) is 150 Å². The molecule has 0 aromatic rings. The minimum Gasteiger partial charge on any atom is -0.462 e. The van der Waals surface area contributed by atoms with Gasteiger partial charge in [0.2, 0.25) is 0 Å². The van der Waals surface area contributed by atoms with Gasteiger partial charge in [-0.3, -0.25) is 4.79 Å². The fourth-order valence-corrected chi connectivity index (χ4v) is 1.14. The summed E-state index contributed by atoms with van der Waals surface area (Å²) < 4.78 is 4.66. The summed E-state index contributed by atoms with van der Waals surface area (Å²) in [6.45, 7) is 2.81. The largest absolute Gasteiger partial charge is 0.462 e. The molecule has 112 valence electrons. The lowest BCUT2D eigenvalue weighted by molar-refractivity contribution is -0.158. The highest BCUT2D eigenvalue weighted by atomic mass is 16.5. The van der Waals surface area contributed by atoms with Gasteiger partial charge >= 0.3 is 5.97 Å². The average Bonchev–Trinajstić information content (AvgIpc) is 2.40. The van der Waals surface area contributed by atoms with Crippen molar-refractivity contribution in [2.45, 2.75) is 44.3 Å². The number of carbonyl (C=O) groups excluding carboxylic acids is 2. The molecule has 0 aromatic heterocycles. The van der Waals surface area contributed by atoms with Gasteiger partial charge in [-0.25, -0.2) is 0 Å². The molecule has 8 heteroatoms. The van der Waals surface area contributed by atoms with Gasteiger partial charge in [-0.1, -0.05) is 13.8 Å². The van der Waals surface area contributed by atoms with Gasteiger partial charge in [0.15, 0.2) is 6.29 Å². The van der Waals surface area contributed by atoms with Crippen molar-refractivity contribution in [1.82, 2.24) is 0 Å². The molecule has 0 rings (SSSR count). The molecule has 5 atom stereocenters. The van der Waals surface area contributed by atoms with Gasteiger partial charge in [0.1, 0.15) is 37.1 Å². The zero-order valence-corrected chi connectivity index (χ0v) is 10.8. The maximum absolute atomic E-state index is 11.4. The zero-order chi connectivity index (χ0) is 15.2. The highest BCUT2D eigenvalue weighted by Gasteiger charge is 2.31. The van der Waals surface area contributed by atoms with Crippen LogP contribution in [0.4, 0.5) is 0 Å². The second kappa shape index (κ2) is 8.18. The van der Waals surface area contributed by atoms with Crippen LogP contribution in [0.2, 0.25) is 0 Å². The van der Waals surface area contributed by atoms with Crippen LogP contribution in [0.25, 0.3) is 0 Å². The molecule has 0 saturated carbocycles. The van der Waals surface area contributed by atoms with Crippen LogP contribution in [0.5, 0.6) is 0 Å². The predicted molar refractivity (Wildman–Crippen MR) is 63.9 cm³/mol. The zero-order valence-electron chi connectivity index (χ0n) is 10.8. The average molecular weight is 279 g/mol. The Kier molecular flexibility index (Phi) is 7.72. The van der Waals surface area contributed by atoms with Gasteiger partial charge in [0.05, 0.1) is 0 Å². The van der Waals surface area contributed by atoms with E-state index >= 15 is 0 Å². The van der Waals surface area contributed by atoms with E-state index in [9.17, 15) is 24.9 Å². The molecule has 0 unspecified atom stereocenters. The van der Waals surface area contributed by atoms with Crippen LogP contribution < -0.4 is 5.73 Å². The monoisotopic (exact) mass is 279 g/mol. The van der Waals surface area contributed by atoms with Gasteiger partial charge in [-0.15, -0.1) is 0 Å². The van der Waals surface area contributed by atoms with E-state index in [4.69, 9.17) is 10.8 Å². The summed E-state index contributed by atoms with van der Waals surface area (Å²) in [6.07, 6.45) is -7.17. The molecule has 0 saturated heterocycles. The standard InChI is InChI=1S/C11H21NO7/c1-5(2)8(12)11(18)19-4-7(15)10(17)9(16)6(14)3-13/h3,5-10,14-17H,4,12H2,1-2H3/t6-,7+,8-,9+,10+/m0/s1. The van der Waals surface area contributed by atoms with E-state index in [0.717, 1.165) is 0 Å². The Morgan fingerprint density at radius 2 is 1.74 bits per heavy atom. The number of aldehydes is 1. The van der Waals surface area contributed by atoms with E-state index in [1.165, 1.54) is 0 Å². The van der Waals surface area contributed by atoms with Crippen LogP contribution in [0.3, 0.4) is 0 Å². The molecule has 0 amide bonds. The summed E-state index contributed by atoms with van der Waals surface area (Å²) in [5.41, 5.74) is 5.50. The first-order valence-corrected chi connectivity index (χ1v) is 5.82. The molecule has 0 aliphatic carbocycles. The van der Waals surface area contributed by atoms with Crippen LogP contribution in [0.15, 0.2) is 0 Å². The second-order valence-corrected chi connectivity index (χ2v) is 4.58. The molecule has 0 fully saturated rings. The Labute approximate surface area is 110 Å². The molecule has 0 heterocycles. The third-order valence-corrected chi connectivity index (χ3v) is 2.62. The van der Waals surface area contributed by atoms with Gasteiger partial charge < -0.3 is 35.7 Å². The van der Waals surface area contributed by atoms with Gasteiger partial charge in [-0.05, 0) is 5.92 Å². The Balaban J connectivity index is 4.27. The first kappa shape index (κ1) is 17.9. The van der Waals surface area contributed by atoms with E-state index in [-0.39, 0.29) is 12.2 Å². The van der Waals surface area contributed by atoms with Gasteiger partial charge in [0, 0.05) is 0 Å². The fourth-order valence-electron chi connectivity index (χ4n) is 1.14. The molecule has 0 spiro atoms. The molecule has 6 N–H and O–H groups in total. The normalized spacial score (nSPS) is 19.4. The SMILES string of the molecule is CC(C)[C@H](N)C(=O)OC[C@@H](O)[C@@H](O)[C@H](O)[C@@H](O)C=O. The summed E-state index contributed by atoms with van der Waals surface area (Å²) in [5.74, 6) is -0.913. The highest BCUT2D eigenvalue weighted by molar-refractivity contribution is 5.75. The number of nitrogens with two attached hydrogens (primary N) is 1. The molecule has 0 bridgehead atoms. The van der Waals surface area contributed by atoms with Crippen LogP contribution >= 0.6 is 0 Å². The number of aliphatic hydroxyl groups is 4. The number of aliphatic hydroxyl groups excluding tert-OH is 4. The number of rotatable bonds is 8. The predicted octanol–water partition coefficient (Wildman–Crippen LogP) is -2.84. The highest BCUT2D eigenvalue weighted by Crippen LogP contribution is 2.06. The maximum Gasteiger partial charge on any atom is 0.323 e. The van der Waals surface area contributed by atoms with E-state index in [0.29, 0.717) is 0 Å². The van der Waals surface area contributed by atoms with Crippen molar-refractivity contribution in [2.24, 2.45) is 11.7 Å². The molecular formula is C11H21NO7. The maximum atomic E-state index is 11.4. The lowest BCUT2D eigenvalue weighted by atomic mass is 10.0.